The van der Waals surface area contributed by atoms with E-state index < -0.39 is 0 Å². The Kier molecular flexibility index (Phi) is 5.05. The van der Waals surface area contributed by atoms with Crippen molar-refractivity contribution in [3.63, 3.8) is 0 Å². The van der Waals surface area contributed by atoms with E-state index in [1.54, 1.807) is 0 Å². The Morgan fingerprint density at radius 3 is 2.74 bits per heavy atom. The van der Waals surface area contributed by atoms with Crippen LogP contribution in [0.3, 0.4) is 0 Å². The molecule has 0 bridgehead atoms. The lowest BCUT2D eigenvalue weighted by atomic mass is 10.1. The Morgan fingerprint density at radius 1 is 1.30 bits per heavy atom. The highest BCUT2D eigenvalue weighted by molar-refractivity contribution is 7.09. The van der Waals surface area contributed by atoms with Gasteiger partial charge in [-0.15, -0.1) is 11.3 Å². The van der Waals surface area contributed by atoms with Gasteiger partial charge in [-0.3, -0.25) is 9.69 Å². The third-order valence-electron chi connectivity index (χ3n) is 4.09. The molecular weight excluding hydrogens is 308 g/mol. The zero-order valence-electron chi connectivity index (χ0n) is 13.4. The van der Waals surface area contributed by atoms with E-state index >= 15 is 0 Å². The van der Waals surface area contributed by atoms with E-state index in [0.717, 1.165) is 37.7 Å². The first-order chi connectivity index (χ1) is 11.2. The lowest BCUT2D eigenvalue weighted by Gasteiger charge is -2.34. The lowest BCUT2D eigenvalue weighted by Crippen LogP contribution is -2.48. The predicted octanol–water partition coefficient (Wildman–Crippen LogP) is 1.87. The molecule has 1 aliphatic rings. The molecule has 3 rings (SSSR count). The van der Waals surface area contributed by atoms with Gasteiger partial charge in [-0.25, -0.2) is 4.98 Å². The second-order valence-corrected chi connectivity index (χ2v) is 6.83. The van der Waals surface area contributed by atoms with E-state index in [0.29, 0.717) is 12.2 Å². The number of benzene rings is 1. The summed E-state index contributed by atoms with van der Waals surface area (Å²) in [5, 5.41) is 2.62. The van der Waals surface area contributed by atoms with Gasteiger partial charge >= 0.3 is 0 Å². The topological polar surface area (TPSA) is 62.5 Å². The van der Waals surface area contributed by atoms with Crippen LogP contribution in [-0.2, 0) is 13.1 Å². The van der Waals surface area contributed by atoms with Crippen LogP contribution >= 0.6 is 11.3 Å². The van der Waals surface area contributed by atoms with E-state index in [2.05, 4.69) is 41.1 Å². The molecule has 2 heterocycles. The highest BCUT2D eigenvalue weighted by atomic mass is 32.1. The summed E-state index contributed by atoms with van der Waals surface area (Å²) < 4.78 is 0. The van der Waals surface area contributed by atoms with Crippen LogP contribution < -0.4 is 5.73 Å². The zero-order valence-corrected chi connectivity index (χ0v) is 14.2. The van der Waals surface area contributed by atoms with Gasteiger partial charge in [-0.2, -0.15) is 0 Å². The van der Waals surface area contributed by atoms with Crippen molar-refractivity contribution < 1.29 is 4.79 Å². The van der Waals surface area contributed by atoms with Gasteiger partial charge in [-0.1, -0.05) is 29.8 Å². The van der Waals surface area contributed by atoms with Crippen molar-refractivity contribution in [1.29, 1.82) is 0 Å². The Morgan fingerprint density at radius 2 is 2.09 bits per heavy atom. The van der Waals surface area contributed by atoms with Crippen molar-refractivity contribution in [2.75, 3.05) is 26.2 Å². The number of carbonyl (C=O) groups is 1. The number of piperazine rings is 1. The number of amides is 1. The van der Waals surface area contributed by atoms with E-state index in [1.807, 2.05) is 10.3 Å². The molecule has 5 nitrogen and oxygen atoms in total. The van der Waals surface area contributed by atoms with Gasteiger partial charge in [-0.05, 0) is 12.5 Å². The number of aromatic nitrogens is 1. The minimum Gasteiger partial charge on any atom is -0.335 e. The van der Waals surface area contributed by atoms with Gasteiger partial charge in [0.2, 0.25) is 0 Å². The summed E-state index contributed by atoms with van der Waals surface area (Å²) in [6, 6.07) is 8.60. The Labute approximate surface area is 140 Å². The van der Waals surface area contributed by atoms with Gasteiger partial charge in [0, 0.05) is 44.6 Å². The normalized spacial score (nSPS) is 15.8. The number of nitrogens with two attached hydrogens (primary N) is 1. The van der Waals surface area contributed by atoms with Crippen LogP contribution in [0.1, 0.15) is 26.6 Å². The van der Waals surface area contributed by atoms with Gasteiger partial charge in [0.05, 0.1) is 0 Å². The molecule has 0 unspecified atom stereocenters. The third-order valence-corrected chi connectivity index (χ3v) is 4.96. The fraction of sp³-hybridized carbons (Fsp3) is 0.412. The van der Waals surface area contributed by atoms with Crippen molar-refractivity contribution in [1.82, 2.24) is 14.8 Å². The minimum absolute atomic E-state index is 0.0242. The first-order valence-corrected chi connectivity index (χ1v) is 8.75. The Hall–Kier alpha value is -1.76. The number of hydrogen-bond acceptors (Lipinski definition) is 5. The molecule has 1 fully saturated rings. The quantitative estimate of drug-likeness (QED) is 0.929. The molecule has 122 valence electrons. The van der Waals surface area contributed by atoms with Crippen molar-refractivity contribution in [3.8, 4) is 0 Å². The largest absolute Gasteiger partial charge is 0.335 e. The smallest absolute Gasteiger partial charge is 0.273 e. The number of aryl methyl sites for hydroxylation is 1. The number of thiazole rings is 1. The SMILES string of the molecule is Cc1cccc(CN2CCN(C(=O)c3csc(CN)n3)CC2)c1. The molecule has 23 heavy (non-hydrogen) atoms. The predicted molar refractivity (Wildman–Crippen MR) is 92.4 cm³/mol. The second kappa shape index (κ2) is 7.21. The maximum atomic E-state index is 12.4. The fourth-order valence-electron chi connectivity index (χ4n) is 2.84. The maximum Gasteiger partial charge on any atom is 0.273 e. The van der Waals surface area contributed by atoms with Crippen LogP contribution in [0.15, 0.2) is 29.6 Å². The summed E-state index contributed by atoms with van der Waals surface area (Å²) in [6.07, 6.45) is 0. The number of hydrogen-bond donors (Lipinski definition) is 1. The molecule has 1 amide bonds. The van der Waals surface area contributed by atoms with Crippen LogP contribution in [0.5, 0.6) is 0 Å². The molecule has 0 saturated carbocycles. The molecular formula is C17H22N4OS. The summed E-state index contributed by atoms with van der Waals surface area (Å²) in [6.45, 7) is 6.74. The molecule has 2 N–H and O–H groups in total. The van der Waals surface area contributed by atoms with Crippen LogP contribution in [0.25, 0.3) is 0 Å². The highest BCUT2D eigenvalue weighted by Gasteiger charge is 2.23. The third kappa shape index (κ3) is 3.96. The number of rotatable bonds is 4. The van der Waals surface area contributed by atoms with Crippen molar-refractivity contribution >= 4 is 17.2 Å². The van der Waals surface area contributed by atoms with Crippen LogP contribution in [0.2, 0.25) is 0 Å². The summed E-state index contributed by atoms with van der Waals surface area (Å²) in [5.41, 5.74) is 8.71. The average Bonchev–Trinajstić information content (AvgIpc) is 3.04. The van der Waals surface area contributed by atoms with E-state index in [4.69, 9.17) is 5.73 Å². The average molecular weight is 330 g/mol. The summed E-state index contributed by atoms with van der Waals surface area (Å²) in [4.78, 5) is 21.0. The summed E-state index contributed by atoms with van der Waals surface area (Å²) in [7, 11) is 0. The molecule has 1 aromatic heterocycles. The number of nitrogens with zero attached hydrogens (tertiary/aromatic N) is 3. The molecule has 0 spiro atoms. The van der Waals surface area contributed by atoms with Gasteiger partial charge in [0.15, 0.2) is 0 Å². The molecule has 2 aromatic rings. The molecule has 0 atom stereocenters. The van der Waals surface area contributed by atoms with E-state index in [-0.39, 0.29) is 5.91 Å². The minimum atomic E-state index is 0.0242. The molecule has 0 radical (unpaired) electrons. The van der Waals surface area contributed by atoms with Crippen LogP contribution in [0, 0.1) is 6.92 Å². The second-order valence-electron chi connectivity index (χ2n) is 5.89. The molecule has 1 saturated heterocycles. The molecule has 0 aliphatic carbocycles. The Bertz CT molecular complexity index is 677. The highest BCUT2D eigenvalue weighted by Crippen LogP contribution is 2.14. The standard InChI is InChI=1S/C17H22N4OS/c1-13-3-2-4-14(9-13)11-20-5-7-21(8-6-20)17(22)15-12-23-16(10-18)19-15/h2-4,9,12H,5-8,10-11,18H2,1H3. The van der Waals surface area contributed by atoms with Crippen LogP contribution in [-0.4, -0.2) is 46.9 Å². The first kappa shape index (κ1) is 16.1. The van der Waals surface area contributed by atoms with Gasteiger partial charge in [0.1, 0.15) is 10.7 Å². The van der Waals surface area contributed by atoms with Crippen LogP contribution in [0.4, 0.5) is 0 Å². The summed E-state index contributed by atoms with van der Waals surface area (Å²) in [5.74, 6) is 0.0242. The maximum absolute atomic E-state index is 12.4. The van der Waals surface area contributed by atoms with Crippen molar-refractivity contribution in [2.24, 2.45) is 5.73 Å². The Balaban J connectivity index is 1.54. The molecule has 6 heteroatoms. The zero-order chi connectivity index (χ0) is 16.2. The number of carbonyl (C=O) groups excluding carboxylic acids is 1. The molecule has 1 aliphatic heterocycles. The molecule has 1 aromatic carbocycles. The van der Waals surface area contributed by atoms with Gasteiger partial charge in [0.25, 0.3) is 5.91 Å². The van der Waals surface area contributed by atoms with E-state index in [9.17, 15) is 4.79 Å². The monoisotopic (exact) mass is 330 g/mol. The van der Waals surface area contributed by atoms with Crippen molar-refractivity contribution in [2.45, 2.75) is 20.0 Å². The van der Waals surface area contributed by atoms with Gasteiger partial charge < -0.3 is 10.6 Å². The van der Waals surface area contributed by atoms with E-state index in [1.165, 1.54) is 22.5 Å². The lowest BCUT2D eigenvalue weighted by molar-refractivity contribution is 0.0623. The summed E-state index contributed by atoms with van der Waals surface area (Å²) >= 11 is 1.45. The van der Waals surface area contributed by atoms with Crippen molar-refractivity contribution in [3.05, 3.63) is 51.5 Å². The first-order valence-electron chi connectivity index (χ1n) is 7.87. The fourth-order valence-corrected chi connectivity index (χ4v) is 3.49.